The van der Waals surface area contributed by atoms with E-state index in [-0.39, 0.29) is 5.91 Å². The van der Waals surface area contributed by atoms with Gasteiger partial charge in [-0.15, -0.1) is 0 Å². The number of carbonyl (C=O) groups excluding carboxylic acids is 1. The molecule has 1 fully saturated rings. The summed E-state index contributed by atoms with van der Waals surface area (Å²) < 4.78 is 5.94. The first-order chi connectivity index (χ1) is 9.13. The van der Waals surface area contributed by atoms with Crippen LogP contribution in [-0.2, 0) is 4.74 Å². The third-order valence-electron chi connectivity index (χ3n) is 3.39. The van der Waals surface area contributed by atoms with Gasteiger partial charge in [-0.25, -0.2) is 0 Å². The lowest BCUT2D eigenvalue weighted by Crippen LogP contribution is -2.41. The largest absolute Gasteiger partial charge is 0.384 e. The lowest BCUT2D eigenvalue weighted by Gasteiger charge is -2.32. The second kappa shape index (κ2) is 6.73. The Hall–Kier alpha value is -0.580. The Balaban J connectivity index is 2.12. The van der Waals surface area contributed by atoms with Gasteiger partial charge in [-0.05, 0) is 46.8 Å². The van der Waals surface area contributed by atoms with E-state index in [0.29, 0.717) is 23.1 Å². The number of benzene rings is 1. The number of hydrogen-bond acceptors (Lipinski definition) is 2. The lowest BCUT2D eigenvalue weighted by molar-refractivity contribution is 0.0571. The summed E-state index contributed by atoms with van der Waals surface area (Å²) in [5.41, 5.74) is 0.564. The molecule has 1 saturated heterocycles. The van der Waals surface area contributed by atoms with Gasteiger partial charge in [-0.3, -0.25) is 4.79 Å². The first-order valence-electron chi connectivity index (χ1n) is 6.35. The molecule has 0 spiro atoms. The molecule has 0 aliphatic carbocycles. The fraction of sp³-hybridized carbons (Fsp3) is 0.500. The van der Waals surface area contributed by atoms with E-state index in [1.807, 2.05) is 17.0 Å². The van der Waals surface area contributed by atoms with E-state index in [1.165, 1.54) is 0 Å². The molecule has 1 aliphatic rings. The summed E-state index contributed by atoms with van der Waals surface area (Å²) in [7, 11) is 1.70. The summed E-state index contributed by atoms with van der Waals surface area (Å²) in [4.78, 5) is 14.4. The number of hydrogen-bond donors (Lipinski definition) is 0. The van der Waals surface area contributed by atoms with Gasteiger partial charge in [0.15, 0.2) is 0 Å². The summed E-state index contributed by atoms with van der Waals surface area (Å²) in [5.74, 6) is 0.431. The van der Waals surface area contributed by atoms with Gasteiger partial charge in [-0.2, -0.15) is 0 Å². The van der Waals surface area contributed by atoms with Crippen LogP contribution in [0.15, 0.2) is 22.7 Å². The number of ether oxygens (including phenoxy) is 1. The predicted molar refractivity (Wildman–Crippen MR) is 79.7 cm³/mol. The second-order valence-electron chi connectivity index (χ2n) is 4.82. The minimum absolute atomic E-state index is 0.00658. The Morgan fingerprint density at radius 2 is 2.37 bits per heavy atom. The van der Waals surface area contributed by atoms with Crippen molar-refractivity contribution in [2.75, 3.05) is 26.8 Å². The third kappa shape index (κ3) is 3.50. The van der Waals surface area contributed by atoms with E-state index >= 15 is 0 Å². The van der Waals surface area contributed by atoms with Crippen molar-refractivity contribution in [2.45, 2.75) is 12.8 Å². The highest BCUT2D eigenvalue weighted by Gasteiger charge is 2.25. The van der Waals surface area contributed by atoms with Crippen molar-refractivity contribution in [1.82, 2.24) is 4.90 Å². The van der Waals surface area contributed by atoms with Crippen LogP contribution in [0.1, 0.15) is 23.2 Å². The molecule has 1 aromatic carbocycles. The Labute approximate surface area is 127 Å². The van der Waals surface area contributed by atoms with Gasteiger partial charge < -0.3 is 9.64 Å². The Morgan fingerprint density at radius 3 is 3.11 bits per heavy atom. The normalized spacial score (nSPS) is 19.5. The van der Waals surface area contributed by atoms with Gasteiger partial charge in [0.05, 0.1) is 17.2 Å². The molecule has 5 heteroatoms. The number of amides is 1. The van der Waals surface area contributed by atoms with Crippen molar-refractivity contribution in [3.05, 3.63) is 33.3 Å². The predicted octanol–water partition coefficient (Wildman–Crippen LogP) is 3.60. The zero-order valence-corrected chi connectivity index (χ0v) is 13.2. The van der Waals surface area contributed by atoms with E-state index < -0.39 is 0 Å². The molecular weight excluding hydrogens is 330 g/mol. The molecule has 0 N–H and O–H groups in total. The van der Waals surface area contributed by atoms with Gasteiger partial charge >= 0.3 is 0 Å². The van der Waals surface area contributed by atoms with Gasteiger partial charge in [-0.1, -0.05) is 17.7 Å². The van der Waals surface area contributed by atoms with Crippen molar-refractivity contribution in [3.8, 4) is 0 Å². The van der Waals surface area contributed by atoms with Crippen LogP contribution in [0, 0.1) is 5.92 Å². The zero-order valence-electron chi connectivity index (χ0n) is 10.9. The number of methoxy groups -OCH3 is 1. The molecule has 104 valence electrons. The van der Waals surface area contributed by atoms with Crippen molar-refractivity contribution < 1.29 is 9.53 Å². The highest BCUT2D eigenvalue weighted by atomic mass is 79.9. The second-order valence-corrected chi connectivity index (χ2v) is 6.05. The number of halogens is 2. The molecule has 0 bridgehead atoms. The molecule has 1 heterocycles. The molecule has 1 aliphatic heterocycles. The van der Waals surface area contributed by atoms with Crippen molar-refractivity contribution in [1.29, 1.82) is 0 Å². The van der Waals surface area contributed by atoms with Crippen LogP contribution in [0.5, 0.6) is 0 Å². The molecule has 1 atom stereocenters. The minimum Gasteiger partial charge on any atom is -0.384 e. The van der Waals surface area contributed by atoms with Crippen LogP contribution in [0.4, 0.5) is 0 Å². The first kappa shape index (κ1) is 14.8. The Bertz CT molecular complexity index is 465. The fourth-order valence-corrected chi connectivity index (χ4v) is 3.03. The average molecular weight is 347 g/mol. The molecule has 1 amide bonds. The summed E-state index contributed by atoms with van der Waals surface area (Å²) >= 11 is 9.54. The van der Waals surface area contributed by atoms with E-state index in [2.05, 4.69) is 15.9 Å². The number of piperidine rings is 1. The van der Waals surface area contributed by atoms with Crippen LogP contribution < -0.4 is 0 Å². The number of likely N-dealkylation sites (tertiary alicyclic amines) is 1. The van der Waals surface area contributed by atoms with Crippen molar-refractivity contribution in [2.24, 2.45) is 5.92 Å². The summed E-state index contributed by atoms with van der Waals surface area (Å²) in [6.07, 6.45) is 2.13. The fourth-order valence-electron chi connectivity index (χ4n) is 2.46. The van der Waals surface area contributed by atoms with Crippen LogP contribution in [0.3, 0.4) is 0 Å². The molecular formula is C14H17BrClNO2. The number of rotatable bonds is 3. The minimum atomic E-state index is 0.00658. The summed E-state index contributed by atoms with van der Waals surface area (Å²) in [5, 5.41) is 0.487. The molecule has 3 nitrogen and oxygen atoms in total. The number of carbonyl (C=O) groups is 1. The first-order valence-corrected chi connectivity index (χ1v) is 7.52. The monoisotopic (exact) mass is 345 g/mol. The molecule has 1 unspecified atom stereocenters. The van der Waals surface area contributed by atoms with Crippen LogP contribution in [0.25, 0.3) is 0 Å². The maximum atomic E-state index is 12.5. The highest BCUT2D eigenvalue weighted by Crippen LogP contribution is 2.28. The van der Waals surface area contributed by atoms with Crippen LogP contribution in [0.2, 0.25) is 5.02 Å². The van der Waals surface area contributed by atoms with Gasteiger partial charge in [0.1, 0.15) is 0 Å². The summed E-state index contributed by atoms with van der Waals surface area (Å²) in [6, 6.07) is 5.44. The molecule has 1 aromatic rings. The highest BCUT2D eigenvalue weighted by molar-refractivity contribution is 9.10. The Morgan fingerprint density at radius 1 is 1.58 bits per heavy atom. The van der Waals surface area contributed by atoms with Crippen LogP contribution >= 0.6 is 27.5 Å². The van der Waals surface area contributed by atoms with Crippen molar-refractivity contribution in [3.63, 3.8) is 0 Å². The lowest BCUT2D eigenvalue weighted by atomic mass is 9.98. The van der Waals surface area contributed by atoms with E-state index in [9.17, 15) is 4.79 Å². The molecule has 0 radical (unpaired) electrons. The standard InChI is InChI=1S/C14H17BrClNO2/c1-19-9-10-4-3-7-17(8-10)14(18)11-5-2-6-12(15)13(11)16/h2,5-6,10H,3-4,7-9H2,1H3. The SMILES string of the molecule is COCC1CCCN(C(=O)c2cccc(Br)c2Cl)C1. The van der Waals surface area contributed by atoms with Gasteiger partial charge in [0.2, 0.25) is 0 Å². The van der Waals surface area contributed by atoms with Gasteiger partial charge in [0, 0.05) is 24.7 Å². The van der Waals surface area contributed by atoms with E-state index in [1.54, 1.807) is 13.2 Å². The zero-order chi connectivity index (χ0) is 13.8. The van der Waals surface area contributed by atoms with Gasteiger partial charge in [0.25, 0.3) is 5.91 Å². The third-order valence-corrected chi connectivity index (χ3v) is 4.69. The van der Waals surface area contributed by atoms with E-state index in [0.717, 1.165) is 30.4 Å². The molecule has 19 heavy (non-hydrogen) atoms. The number of nitrogens with zero attached hydrogens (tertiary/aromatic N) is 1. The maximum Gasteiger partial charge on any atom is 0.255 e. The maximum absolute atomic E-state index is 12.5. The Kier molecular flexibility index (Phi) is 5.25. The average Bonchev–Trinajstić information content (AvgIpc) is 2.42. The molecule has 2 rings (SSSR count). The van der Waals surface area contributed by atoms with E-state index in [4.69, 9.17) is 16.3 Å². The molecule has 0 aromatic heterocycles. The van der Waals surface area contributed by atoms with Crippen LogP contribution in [-0.4, -0.2) is 37.6 Å². The quantitative estimate of drug-likeness (QED) is 0.837. The summed E-state index contributed by atoms with van der Waals surface area (Å²) in [6.45, 7) is 2.24. The smallest absolute Gasteiger partial charge is 0.255 e. The molecule has 0 saturated carbocycles. The topological polar surface area (TPSA) is 29.5 Å². The van der Waals surface area contributed by atoms with Crippen molar-refractivity contribution >= 4 is 33.4 Å².